The number of hydrogen-bond acceptors (Lipinski definition) is 1. The second kappa shape index (κ2) is 7.44. The van der Waals surface area contributed by atoms with E-state index in [4.69, 9.17) is 4.74 Å². The second-order valence-electron chi connectivity index (χ2n) is 5.25. The van der Waals surface area contributed by atoms with Gasteiger partial charge in [0.2, 0.25) is 0 Å². The van der Waals surface area contributed by atoms with Crippen LogP contribution in [0.25, 0.3) is 0 Å². The quantitative estimate of drug-likeness (QED) is 0.392. The Kier molecular flexibility index (Phi) is 5.88. The van der Waals surface area contributed by atoms with Gasteiger partial charge in [-0.1, -0.05) is 22.4 Å². The third-order valence-electron chi connectivity index (χ3n) is 4.07. The van der Waals surface area contributed by atoms with E-state index >= 15 is 0 Å². The summed E-state index contributed by atoms with van der Waals surface area (Å²) in [6.45, 7) is 1.96. The molecule has 0 aliphatic heterocycles. The van der Waals surface area contributed by atoms with Gasteiger partial charge in [-0.05, 0) is 43.4 Å². The topological polar surface area (TPSA) is 9.23 Å². The Morgan fingerprint density at radius 3 is 2.35 bits per heavy atom. The van der Waals surface area contributed by atoms with Crippen molar-refractivity contribution in [1.29, 1.82) is 0 Å². The van der Waals surface area contributed by atoms with Crippen molar-refractivity contribution in [2.45, 2.75) is 44.9 Å². The maximum atomic E-state index is 5.82. The highest BCUT2D eigenvalue weighted by Gasteiger charge is 2.48. The van der Waals surface area contributed by atoms with Gasteiger partial charge in [-0.25, -0.2) is 0 Å². The minimum atomic E-state index is 0.855. The number of fused-ring (bicyclic) bond motifs is 1. The van der Waals surface area contributed by atoms with Crippen LogP contribution in [0.15, 0.2) is 0 Å². The van der Waals surface area contributed by atoms with Gasteiger partial charge in [-0.3, -0.25) is 0 Å². The molecule has 0 heterocycles. The van der Waals surface area contributed by atoms with Crippen molar-refractivity contribution in [3.63, 3.8) is 0 Å². The first-order chi connectivity index (χ1) is 8.43. The Hall–Kier alpha value is 0. The van der Waals surface area contributed by atoms with Gasteiger partial charge in [-0.15, -0.1) is 11.8 Å². The molecule has 0 spiro atoms. The highest BCUT2D eigenvalue weighted by atomic mass is 79.9. The Balaban J connectivity index is 1.53. The smallest absolute Gasteiger partial charge is 0.0499 e. The van der Waals surface area contributed by atoms with Gasteiger partial charge in [-0.2, -0.15) is 0 Å². The van der Waals surface area contributed by atoms with Crippen LogP contribution in [0, 0.1) is 29.6 Å². The molecule has 2 aliphatic rings. The standard InChI is InChI=1S/C15H23BrO/c16-10-6-3-7-11-17-12-15-13-8-4-1-2-5-9-14(13)15/h13-15H,3-12H2/t13-,14+,15?. The summed E-state index contributed by atoms with van der Waals surface area (Å²) in [4.78, 5) is 0. The van der Waals surface area contributed by atoms with Crippen molar-refractivity contribution in [3.8, 4) is 11.8 Å². The lowest BCUT2D eigenvalue weighted by Gasteiger charge is -2.03. The van der Waals surface area contributed by atoms with Crippen LogP contribution in [0.4, 0.5) is 0 Å². The van der Waals surface area contributed by atoms with Gasteiger partial charge in [0.15, 0.2) is 0 Å². The molecule has 17 heavy (non-hydrogen) atoms. The van der Waals surface area contributed by atoms with Gasteiger partial charge in [0, 0.05) is 31.4 Å². The van der Waals surface area contributed by atoms with Gasteiger partial charge in [0.05, 0.1) is 0 Å². The third-order valence-corrected chi connectivity index (χ3v) is 4.63. The highest BCUT2D eigenvalue weighted by molar-refractivity contribution is 9.09. The zero-order valence-electron chi connectivity index (χ0n) is 10.6. The van der Waals surface area contributed by atoms with Gasteiger partial charge in [0.1, 0.15) is 0 Å². The molecule has 1 fully saturated rings. The zero-order valence-corrected chi connectivity index (χ0v) is 12.2. The molecular formula is C15H23BrO. The molecule has 0 saturated heterocycles. The molecule has 1 nitrogen and oxygen atoms in total. The maximum absolute atomic E-state index is 5.82. The van der Waals surface area contributed by atoms with Crippen LogP contribution in [0.5, 0.6) is 0 Å². The molecule has 0 radical (unpaired) electrons. The highest BCUT2D eigenvalue weighted by Crippen LogP contribution is 2.52. The first kappa shape index (κ1) is 13.4. The fourth-order valence-corrected chi connectivity index (χ4v) is 3.37. The van der Waals surface area contributed by atoms with E-state index in [1.807, 2.05) is 0 Å². The largest absolute Gasteiger partial charge is 0.381 e. The minimum Gasteiger partial charge on any atom is -0.381 e. The van der Waals surface area contributed by atoms with Crippen molar-refractivity contribution < 1.29 is 4.74 Å². The van der Waals surface area contributed by atoms with Gasteiger partial charge in [0.25, 0.3) is 0 Å². The van der Waals surface area contributed by atoms with E-state index in [0.29, 0.717) is 0 Å². The normalized spacial score (nSPS) is 30.8. The minimum absolute atomic E-state index is 0.855. The van der Waals surface area contributed by atoms with Crippen molar-refractivity contribution in [3.05, 3.63) is 0 Å². The Morgan fingerprint density at radius 1 is 1.00 bits per heavy atom. The summed E-state index contributed by atoms with van der Waals surface area (Å²) < 4.78 is 5.82. The Labute approximate surface area is 114 Å². The lowest BCUT2D eigenvalue weighted by molar-refractivity contribution is 0.114. The first-order valence-corrected chi connectivity index (χ1v) is 8.15. The zero-order chi connectivity index (χ0) is 11.9. The van der Waals surface area contributed by atoms with Crippen LogP contribution in [0.2, 0.25) is 0 Å². The molecule has 2 rings (SSSR count). The van der Waals surface area contributed by atoms with E-state index in [1.165, 1.54) is 32.1 Å². The Bertz CT molecular complexity index is 260. The molecule has 0 aromatic carbocycles. The molecule has 0 N–H and O–H groups in total. The van der Waals surface area contributed by atoms with Crippen LogP contribution in [0.3, 0.4) is 0 Å². The SMILES string of the molecule is BrCCCCCOCC1[C@H]2CCC#CCC[C@@H]12. The van der Waals surface area contributed by atoms with Crippen LogP contribution in [-0.4, -0.2) is 18.5 Å². The van der Waals surface area contributed by atoms with Crippen LogP contribution >= 0.6 is 15.9 Å². The van der Waals surface area contributed by atoms with E-state index in [1.54, 1.807) is 0 Å². The molecule has 2 aliphatic carbocycles. The van der Waals surface area contributed by atoms with Crippen molar-refractivity contribution >= 4 is 15.9 Å². The summed E-state index contributed by atoms with van der Waals surface area (Å²) in [6.07, 6.45) is 8.64. The van der Waals surface area contributed by atoms with E-state index in [0.717, 1.165) is 49.1 Å². The molecule has 1 unspecified atom stereocenters. The number of alkyl halides is 1. The number of unbranched alkanes of at least 4 members (excludes halogenated alkanes) is 2. The molecule has 0 amide bonds. The summed E-state index contributed by atoms with van der Waals surface area (Å²) in [6, 6.07) is 0. The van der Waals surface area contributed by atoms with E-state index in [2.05, 4.69) is 27.8 Å². The molecule has 3 atom stereocenters. The molecule has 0 aromatic rings. The summed E-state index contributed by atoms with van der Waals surface area (Å²) in [5.41, 5.74) is 0. The average molecular weight is 299 g/mol. The van der Waals surface area contributed by atoms with Gasteiger partial charge < -0.3 is 4.74 Å². The Morgan fingerprint density at radius 2 is 1.71 bits per heavy atom. The number of ether oxygens (including phenoxy) is 1. The van der Waals surface area contributed by atoms with E-state index in [-0.39, 0.29) is 0 Å². The molecular weight excluding hydrogens is 276 g/mol. The third kappa shape index (κ3) is 4.30. The monoisotopic (exact) mass is 298 g/mol. The van der Waals surface area contributed by atoms with Crippen molar-refractivity contribution in [2.24, 2.45) is 17.8 Å². The molecule has 1 saturated carbocycles. The number of halogens is 1. The number of rotatable bonds is 7. The molecule has 0 aromatic heterocycles. The summed E-state index contributed by atoms with van der Waals surface area (Å²) in [5.74, 6) is 9.25. The van der Waals surface area contributed by atoms with Crippen LogP contribution in [0.1, 0.15) is 44.9 Å². The average Bonchev–Trinajstić information content (AvgIpc) is 2.93. The van der Waals surface area contributed by atoms with Crippen molar-refractivity contribution in [1.82, 2.24) is 0 Å². The predicted octanol–water partition coefficient (Wildman–Crippen LogP) is 4.01. The predicted molar refractivity (Wildman–Crippen MR) is 75.2 cm³/mol. The van der Waals surface area contributed by atoms with Crippen molar-refractivity contribution in [2.75, 3.05) is 18.5 Å². The molecule has 2 heteroatoms. The lowest BCUT2D eigenvalue weighted by Crippen LogP contribution is -2.01. The van der Waals surface area contributed by atoms with Gasteiger partial charge >= 0.3 is 0 Å². The first-order valence-electron chi connectivity index (χ1n) is 7.03. The van der Waals surface area contributed by atoms with Crippen LogP contribution < -0.4 is 0 Å². The summed E-state index contributed by atoms with van der Waals surface area (Å²) >= 11 is 3.46. The van der Waals surface area contributed by atoms with E-state index in [9.17, 15) is 0 Å². The maximum Gasteiger partial charge on any atom is 0.0499 e. The fourth-order valence-electron chi connectivity index (χ4n) is 2.98. The molecule has 0 bridgehead atoms. The lowest BCUT2D eigenvalue weighted by atomic mass is 10.1. The summed E-state index contributed by atoms with van der Waals surface area (Å²) in [7, 11) is 0. The van der Waals surface area contributed by atoms with E-state index < -0.39 is 0 Å². The molecule has 96 valence electrons. The van der Waals surface area contributed by atoms with Crippen LogP contribution in [-0.2, 0) is 4.74 Å². The summed E-state index contributed by atoms with van der Waals surface area (Å²) in [5, 5.41) is 1.12. The number of hydrogen-bond donors (Lipinski definition) is 0. The second-order valence-corrected chi connectivity index (χ2v) is 6.04. The fraction of sp³-hybridized carbons (Fsp3) is 0.867.